The second-order valence-electron chi connectivity index (χ2n) is 4.94. The number of ether oxygens (including phenoxy) is 1. The third-order valence-corrected chi connectivity index (χ3v) is 2.76. The van der Waals surface area contributed by atoms with Crippen LogP contribution in [-0.4, -0.2) is 6.61 Å². The average Bonchev–Trinajstić information content (AvgIpc) is 2.26. The number of rotatable bonds is 5. The van der Waals surface area contributed by atoms with Gasteiger partial charge in [0.25, 0.3) is 0 Å². The Morgan fingerprint density at radius 3 is 2.29 bits per heavy atom. The molecule has 0 atom stereocenters. The van der Waals surface area contributed by atoms with Crippen LogP contribution in [0, 0.1) is 31.1 Å². The molecule has 0 aliphatic carbocycles. The van der Waals surface area contributed by atoms with Crippen LogP contribution in [-0.2, 0) is 0 Å². The van der Waals surface area contributed by atoms with E-state index in [0.717, 1.165) is 35.8 Å². The Morgan fingerprint density at radius 1 is 1.24 bits per heavy atom. The van der Waals surface area contributed by atoms with E-state index in [0.29, 0.717) is 5.56 Å². The summed E-state index contributed by atoms with van der Waals surface area (Å²) < 4.78 is 5.81. The molecule has 17 heavy (non-hydrogen) atoms. The van der Waals surface area contributed by atoms with Gasteiger partial charge in [0.2, 0.25) is 0 Å². The Balaban J connectivity index is 2.63. The van der Waals surface area contributed by atoms with E-state index in [1.54, 1.807) is 0 Å². The number of nitrogens with zero attached hydrogens (tertiary/aromatic N) is 1. The van der Waals surface area contributed by atoms with Crippen LogP contribution in [0.1, 0.15) is 43.4 Å². The van der Waals surface area contributed by atoms with Crippen LogP contribution in [0.4, 0.5) is 0 Å². The van der Waals surface area contributed by atoms with Gasteiger partial charge in [-0.25, -0.2) is 0 Å². The number of hydrogen-bond donors (Lipinski definition) is 0. The molecule has 0 amide bonds. The molecule has 0 heterocycles. The van der Waals surface area contributed by atoms with Crippen LogP contribution in [0.5, 0.6) is 5.75 Å². The minimum Gasteiger partial charge on any atom is -0.493 e. The fourth-order valence-corrected chi connectivity index (χ4v) is 1.91. The summed E-state index contributed by atoms with van der Waals surface area (Å²) >= 11 is 0. The highest BCUT2D eigenvalue weighted by atomic mass is 16.5. The summed E-state index contributed by atoms with van der Waals surface area (Å²) in [4.78, 5) is 0. The van der Waals surface area contributed by atoms with Crippen LogP contribution in [0.3, 0.4) is 0 Å². The van der Waals surface area contributed by atoms with Crippen molar-refractivity contribution in [3.63, 3.8) is 0 Å². The highest BCUT2D eigenvalue weighted by Gasteiger charge is 2.06. The van der Waals surface area contributed by atoms with Gasteiger partial charge in [-0.05, 0) is 55.9 Å². The monoisotopic (exact) mass is 231 g/mol. The molecule has 2 nitrogen and oxygen atoms in total. The maximum Gasteiger partial charge on any atom is 0.125 e. The quantitative estimate of drug-likeness (QED) is 0.718. The van der Waals surface area contributed by atoms with Crippen LogP contribution >= 0.6 is 0 Å². The Bertz CT molecular complexity index is 392. The van der Waals surface area contributed by atoms with E-state index in [1.165, 1.54) is 6.42 Å². The number of aryl methyl sites for hydroxylation is 2. The minimum absolute atomic E-state index is 0.703. The summed E-state index contributed by atoms with van der Waals surface area (Å²) in [5.74, 6) is 1.66. The normalized spacial score (nSPS) is 10.4. The summed E-state index contributed by atoms with van der Waals surface area (Å²) in [5, 5.41) is 8.86. The molecule has 0 aromatic heterocycles. The molecule has 0 spiro atoms. The Morgan fingerprint density at radius 2 is 1.82 bits per heavy atom. The molecule has 1 aromatic carbocycles. The molecule has 0 aliphatic rings. The molecule has 0 unspecified atom stereocenters. The van der Waals surface area contributed by atoms with Crippen molar-refractivity contribution in [3.8, 4) is 11.8 Å². The van der Waals surface area contributed by atoms with E-state index in [2.05, 4.69) is 19.9 Å². The van der Waals surface area contributed by atoms with Crippen molar-refractivity contribution in [2.75, 3.05) is 6.61 Å². The molecule has 0 radical (unpaired) electrons. The zero-order valence-electron chi connectivity index (χ0n) is 11.2. The van der Waals surface area contributed by atoms with Gasteiger partial charge >= 0.3 is 0 Å². The molecular weight excluding hydrogens is 210 g/mol. The lowest BCUT2D eigenvalue weighted by molar-refractivity contribution is 0.294. The first-order valence-electron chi connectivity index (χ1n) is 6.18. The molecule has 1 aromatic rings. The van der Waals surface area contributed by atoms with Gasteiger partial charge in [0, 0.05) is 0 Å². The molecule has 0 saturated heterocycles. The van der Waals surface area contributed by atoms with Gasteiger partial charge in [-0.15, -0.1) is 0 Å². The average molecular weight is 231 g/mol. The Labute approximate surface area is 104 Å². The first kappa shape index (κ1) is 13.6. The topological polar surface area (TPSA) is 33.0 Å². The lowest BCUT2D eigenvalue weighted by atomic mass is 10.1. The largest absolute Gasteiger partial charge is 0.493 e. The van der Waals surface area contributed by atoms with E-state index in [-0.39, 0.29) is 0 Å². The number of hydrogen-bond acceptors (Lipinski definition) is 2. The minimum atomic E-state index is 0.703. The van der Waals surface area contributed by atoms with Gasteiger partial charge in [0.1, 0.15) is 5.75 Å². The summed E-state index contributed by atoms with van der Waals surface area (Å²) in [6, 6.07) is 5.92. The molecule has 1 rings (SSSR count). The standard InChI is InChI=1S/C15H21NO/c1-11(2)6-5-7-17-15-12(3)8-14(10-16)9-13(15)4/h8-9,11H,5-7H2,1-4H3. The van der Waals surface area contributed by atoms with Gasteiger partial charge in [0.05, 0.1) is 18.2 Å². The maximum atomic E-state index is 8.86. The second-order valence-corrected chi connectivity index (χ2v) is 4.94. The predicted octanol–water partition coefficient (Wildman–Crippen LogP) is 3.99. The van der Waals surface area contributed by atoms with Gasteiger partial charge in [-0.3, -0.25) is 0 Å². The highest BCUT2D eigenvalue weighted by Crippen LogP contribution is 2.24. The Hall–Kier alpha value is -1.49. The van der Waals surface area contributed by atoms with E-state index in [4.69, 9.17) is 10.00 Å². The zero-order valence-corrected chi connectivity index (χ0v) is 11.2. The number of benzene rings is 1. The van der Waals surface area contributed by atoms with Gasteiger partial charge in [0.15, 0.2) is 0 Å². The molecule has 0 fully saturated rings. The van der Waals surface area contributed by atoms with Gasteiger partial charge < -0.3 is 4.74 Å². The number of nitriles is 1. The third-order valence-electron chi connectivity index (χ3n) is 2.76. The molecule has 0 saturated carbocycles. The van der Waals surface area contributed by atoms with Crippen LogP contribution in [0.25, 0.3) is 0 Å². The Kier molecular flexibility index (Phi) is 5.03. The first-order chi connectivity index (χ1) is 8.04. The maximum absolute atomic E-state index is 8.86. The zero-order chi connectivity index (χ0) is 12.8. The van der Waals surface area contributed by atoms with E-state index >= 15 is 0 Å². The van der Waals surface area contributed by atoms with Crippen molar-refractivity contribution in [3.05, 3.63) is 28.8 Å². The van der Waals surface area contributed by atoms with Crippen molar-refractivity contribution < 1.29 is 4.74 Å². The summed E-state index contributed by atoms with van der Waals surface area (Å²) in [6.45, 7) is 9.18. The predicted molar refractivity (Wildman–Crippen MR) is 70.2 cm³/mol. The third kappa shape index (κ3) is 4.11. The molecule has 0 bridgehead atoms. The molecule has 0 aliphatic heterocycles. The van der Waals surface area contributed by atoms with Crippen molar-refractivity contribution in [1.82, 2.24) is 0 Å². The van der Waals surface area contributed by atoms with Crippen molar-refractivity contribution in [2.45, 2.75) is 40.5 Å². The van der Waals surface area contributed by atoms with Gasteiger partial charge in [-0.2, -0.15) is 5.26 Å². The highest BCUT2D eigenvalue weighted by molar-refractivity contribution is 5.47. The lowest BCUT2D eigenvalue weighted by Crippen LogP contribution is -2.02. The molecular formula is C15H21NO. The first-order valence-corrected chi connectivity index (χ1v) is 6.18. The van der Waals surface area contributed by atoms with E-state index in [9.17, 15) is 0 Å². The SMILES string of the molecule is Cc1cc(C#N)cc(C)c1OCCCC(C)C. The fourth-order valence-electron chi connectivity index (χ4n) is 1.91. The summed E-state index contributed by atoms with van der Waals surface area (Å²) in [5.41, 5.74) is 2.80. The molecule has 0 N–H and O–H groups in total. The second kappa shape index (κ2) is 6.30. The van der Waals surface area contributed by atoms with Crippen molar-refractivity contribution in [2.24, 2.45) is 5.92 Å². The van der Waals surface area contributed by atoms with E-state index in [1.807, 2.05) is 26.0 Å². The van der Waals surface area contributed by atoms with Crippen LogP contribution in [0.2, 0.25) is 0 Å². The van der Waals surface area contributed by atoms with Crippen molar-refractivity contribution >= 4 is 0 Å². The fraction of sp³-hybridized carbons (Fsp3) is 0.533. The molecule has 2 heteroatoms. The van der Waals surface area contributed by atoms with Crippen molar-refractivity contribution in [1.29, 1.82) is 5.26 Å². The molecule has 92 valence electrons. The summed E-state index contributed by atoms with van der Waals surface area (Å²) in [7, 11) is 0. The van der Waals surface area contributed by atoms with Gasteiger partial charge in [-0.1, -0.05) is 13.8 Å². The van der Waals surface area contributed by atoms with Crippen LogP contribution in [0.15, 0.2) is 12.1 Å². The van der Waals surface area contributed by atoms with E-state index < -0.39 is 0 Å². The summed E-state index contributed by atoms with van der Waals surface area (Å²) in [6.07, 6.45) is 2.27. The lowest BCUT2D eigenvalue weighted by Gasteiger charge is -2.13. The van der Waals surface area contributed by atoms with Crippen LogP contribution < -0.4 is 4.74 Å². The smallest absolute Gasteiger partial charge is 0.125 e.